The first-order chi connectivity index (χ1) is 10.2. The van der Waals surface area contributed by atoms with E-state index in [4.69, 9.17) is 0 Å². The van der Waals surface area contributed by atoms with Gasteiger partial charge in [0.05, 0.1) is 6.42 Å². The zero-order chi connectivity index (χ0) is 14.7. The fourth-order valence-electron chi connectivity index (χ4n) is 4.30. The molecule has 4 unspecified atom stereocenters. The molecule has 3 rings (SSSR count). The molecule has 1 aromatic rings. The van der Waals surface area contributed by atoms with E-state index in [-0.39, 0.29) is 5.91 Å². The number of nitrogens with zero attached hydrogens (tertiary/aromatic N) is 1. The van der Waals surface area contributed by atoms with Crippen LogP contribution in [0.25, 0.3) is 0 Å². The van der Waals surface area contributed by atoms with Crippen LogP contribution >= 0.6 is 0 Å². The first-order valence-electron chi connectivity index (χ1n) is 8.42. The first kappa shape index (κ1) is 14.6. The third-order valence-electron chi connectivity index (χ3n) is 5.43. The van der Waals surface area contributed by atoms with Gasteiger partial charge in [-0.2, -0.15) is 0 Å². The van der Waals surface area contributed by atoms with Crippen molar-refractivity contribution in [2.45, 2.75) is 57.9 Å². The minimum atomic E-state index is 0.170. The zero-order valence-corrected chi connectivity index (χ0v) is 12.9. The summed E-state index contributed by atoms with van der Waals surface area (Å²) in [5.74, 6) is 2.68. The second-order valence-electron chi connectivity index (χ2n) is 6.89. The Morgan fingerprint density at radius 3 is 2.81 bits per heavy atom. The van der Waals surface area contributed by atoms with Gasteiger partial charge in [-0.05, 0) is 67.6 Å². The summed E-state index contributed by atoms with van der Waals surface area (Å²) in [6.07, 6.45) is 11.8. The fraction of sp³-hybridized carbons (Fsp3) is 0.667. The SMILES string of the molecule is CCC1CC2CCC(NC(=O)Cc3ccncc3)C(C1)C2. The van der Waals surface area contributed by atoms with Crippen molar-refractivity contribution in [1.82, 2.24) is 10.3 Å². The molecule has 2 fully saturated rings. The zero-order valence-electron chi connectivity index (χ0n) is 12.9. The van der Waals surface area contributed by atoms with E-state index < -0.39 is 0 Å². The minimum absolute atomic E-state index is 0.170. The molecular formula is C18H26N2O. The first-order valence-corrected chi connectivity index (χ1v) is 8.42. The number of aromatic nitrogens is 1. The van der Waals surface area contributed by atoms with Crippen molar-refractivity contribution in [2.75, 3.05) is 0 Å². The van der Waals surface area contributed by atoms with Crippen molar-refractivity contribution in [1.29, 1.82) is 0 Å². The number of hydrogen-bond acceptors (Lipinski definition) is 2. The standard InChI is InChI=1S/C18H26N2O/c1-2-13-9-15-3-4-17(16(10-13)11-15)20-18(21)12-14-5-7-19-8-6-14/h5-8,13,15-17H,2-4,9-12H2,1H3,(H,20,21). The van der Waals surface area contributed by atoms with Crippen LogP contribution in [0, 0.1) is 17.8 Å². The van der Waals surface area contributed by atoms with E-state index in [2.05, 4.69) is 17.2 Å². The molecular weight excluding hydrogens is 260 g/mol. The predicted octanol–water partition coefficient (Wildman–Crippen LogP) is 3.35. The van der Waals surface area contributed by atoms with E-state index in [0.717, 1.165) is 17.4 Å². The second kappa shape index (κ2) is 6.59. The average Bonchev–Trinajstić information content (AvgIpc) is 2.51. The molecule has 3 nitrogen and oxygen atoms in total. The normalized spacial score (nSPS) is 31.7. The van der Waals surface area contributed by atoms with Gasteiger partial charge >= 0.3 is 0 Å². The lowest BCUT2D eigenvalue weighted by Gasteiger charge is -2.43. The maximum Gasteiger partial charge on any atom is 0.224 e. The van der Waals surface area contributed by atoms with Gasteiger partial charge in [0.1, 0.15) is 0 Å². The second-order valence-corrected chi connectivity index (χ2v) is 6.89. The molecule has 1 amide bonds. The van der Waals surface area contributed by atoms with Gasteiger partial charge in [-0.25, -0.2) is 0 Å². The summed E-state index contributed by atoms with van der Waals surface area (Å²) < 4.78 is 0. The maximum atomic E-state index is 12.3. The molecule has 114 valence electrons. The van der Waals surface area contributed by atoms with Gasteiger partial charge < -0.3 is 5.32 Å². The van der Waals surface area contributed by atoms with Crippen molar-refractivity contribution in [3.8, 4) is 0 Å². The monoisotopic (exact) mass is 286 g/mol. The van der Waals surface area contributed by atoms with Gasteiger partial charge in [0.25, 0.3) is 0 Å². The Balaban J connectivity index is 1.56. The molecule has 1 N–H and O–H groups in total. The average molecular weight is 286 g/mol. The van der Waals surface area contributed by atoms with E-state index >= 15 is 0 Å². The molecule has 0 aliphatic heterocycles. The number of amides is 1. The lowest BCUT2D eigenvalue weighted by atomic mass is 9.65. The molecule has 0 radical (unpaired) electrons. The third-order valence-corrected chi connectivity index (χ3v) is 5.43. The van der Waals surface area contributed by atoms with Crippen LogP contribution in [0.5, 0.6) is 0 Å². The van der Waals surface area contributed by atoms with Gasteiger partial charge in [-0.3, -0.25) is 9.78 Å². The molecule has 0 aromatic carbocycles. The van der Waals surface area contributed by atoms with E-state index in [9.17, 15) is 4.79 Å². The molecule has 1 heterocycles. The number of fused-ring (bicyclic) bond motifs is 2. The molecule has 0 saturated heterocycles. The maximum absolute atomic E-state index is 12.3. The number of rotatable bonds is 4. The van der Waals surface area contributed by atoms with Gasteiger partial charge in [0.15, 0.2) is 0 Å². The summed E-state index contributed by atoms with van der Waals surface area (Å²) in [4.78, 5) is 16.3. The van der Waals surface area contributed by atoms with Crippen LogP contribution in [0.2, 0.25) is 0 Å². The highest BCUT2D eigenvalue weighted by Gasteiger charge is 2.37. The fourth-order valence-corrected chi connectivity index (χ4v) is 4.30. The Hall–Kier alpha value is -1.38. The molecule has 3 heteroatoms. The Morgan fingerprint density at radius 2 is 2.05 bits per heavy atom. The summed E-state index contributed by atoms with van der Waals surface area (Å²) >= 11 is 0. The highest BCUT2D eigenvalue weighted by atomic mass is 16.1. The van der Waals surface area contributed by atoms with Gasteiger partial charge in [0.2, 0.25) is 5.91 Å². The number of hydrogen-bond donors (Lipinski definition) is 1. The summed E-state index contributed by atoms with van der Waals surface area (Å²) in [6.45, 7) is 2.31. The molecule has 21 heavy (non-hydrogen) atoms. The summed E-state index contributed by atoms with van der Waals surface area (Å²) in [7, 11) is 0. The van der Waals surface area contributed by atoms with E-state index in [0.29, 0.717) is 18.4 Å². The summed E-state index contributed by atoms with van der Waals surface area (Å²) in [6, 6.07) is 4.25. The van der Waals surface area contributed by atoms with Crippen molar-refractivity contribution in [3.63, 3.8) is 0 Å². The Kier molecular flexibility index (Phi) is 4.57. The molecule has 2 aliphatic carbocycles. The minimum Gasteiger partial charge on any atom is -0.353 e. The van der Waals surface area contributed by atoms with Crippen molar-refractivity contribution >= 4 is 5.91 Å². The highest BCUT2D eigenvalue weighted by molar-refractivity contribution is 5.78. The number of carbonyl (C=O) groups is 1. The van der Waals surface area contributed by atoms with Gasteiger partial charge in [0, 0.05) is 18.4 Å². The lowest BCUT2D eigenvalue weighted by molar-refractivity contribution is -0.122. The van der Waals surface area contributed by atoms with Crippen LogP contribution in [-0.2, 0) is 11.2 Å². The Bertz CT molecular complexity index is 473. The molecule has 4 atom stereocenters. The Labute approximate surface area is 127 Å². The lowest BCUT2D eigenvalue weighted by Crippen LogP contribution is -2.47. The topological polar surface area (TPSA) is 42.0 Å². The van der Waals surface area contributed by atoms with Gasteiger partial charge in [-0.15, -0.1) is 0 Å². The van der Waals surface area contributed by atoms with Crippen molar-refractivity contribution in [3.05, 3.63) is 30.1 Å². The quantitative estimate of drug-likeness (QED) is 0.922. The number of carbonyl (C=O) groups excluding carboxylic acids is 1. The summed E-state index contributed by atoms with van der Waals surface area (Å²) in [5, 5.41) is 3.31. The molecule has 0 spiro atoms. The van der Waals surface area contributed by atoms with Crippen LogP contribution in [0.1, 0.15) is 51.0 Å². The smallest absolute Gasteiger partial charge is 0.224 e. The van der Waals surface area contributed by atoms with Crippen molar-refractivity contribution < 1.29 is 4.79 Å². The highest BCUT2D eigenvalue weighted by Crippen LogP contribution is 2.43. The molecule has 2 bridgehead atoms. The number of pyridine rings is 1. The third kappa shape index (κ3) is 3.63. The molecule has 1 aromatic heterocycles. The van der Waals surface area contributed by atoms with Crippen LogP contribution in [-0.4, -0.2) is 16.9 Å². The summed E-state index contributed by atoms with van der Waals surface area (Å²) in [5.41, 5.74) is 1.05. The van der Waals surface area contributed by atoms with Crippen LogP contribution in [0.15, 0.2) is 24.5 Å². The molecule has 2 saturated carbocycles. The Morgan fingerprint density at radius 1 is 1.24 bits per heavy atom. The van der Waals surface area contributed by atoms with Crippen molar-refractivity contribution in [2.24, 2.45) is 17.8 Å². The van der Waals surface area contributed by atoms with Crippen LogP contribution < -0.4 is 5.32 Å². The van der Waals surface area contributed by atoms with Gasteiger partial charge in [-0.1, -0.05) is 13.3 Å². The van der Waals surface area contributed by atoms with E-state index in [1.54, 1.807) is 12.4 Å². The largest absolute Gasteiger partial charge is 0.353 e. The predicted molar refractivity (Wildman–Crippen MR) is 83.7 cm³/mol. The number of nitrogens with one attached hydrogen (secondary N) is 1. The van der Waals surface area contributed by atoms with Crippen LogP contribution in [0.3, 0.4) is 0 Å². The van der Waals surface area contributed by atoms with E-state index in [1.807, 2.05) is 12.1 Å². The molecule has 2 aliphatic rings. The van der Waals surface area contributed by atoms with E-state index in [1.165, 1.54) is 38.5 Å². The van der Waals surface area contributed by atoms with Crippen LogP contribution in [0.4, 0.5) is 0 Å².